The van der Waals surface area contributed by atoms with Gasteiger partial charge in [0.2, 0.25) is 11.9 Å². The summed E-state index contributed by atoms with van der Waals surface area (Å²) in [6.07, 6.45) is 0.334. The molecule has 0 radical (unpaired) electrons. The molecule has 1 saturated heterocycles. The summed E-state index contributed by atoms with van der Waals surface area (Å²) in [5.41, 5.74) is -0.952. The molecule has 0 aromatic carbocycles. The molecule has 4 atom stereocenters. The quantitative estimate of drug-likeness (QED) is 0.575. The Morgan fingerprint density at radius 3 is 3.00 bits per heavy atom. The molecule has 2 fully saturated rings. The molecule has 4 rings (SSSR count). The normalized spacial score (nSPS) is 30.7. The predicted molar refractivity (Wildman–Crippen MR) is 85.7 cm³/mol. The van der Waals surface area contributed by atoms with Crippen LogP contribution < -0.4 is 10.9 Å². The maximum atomic E-state index is 12.2. The number of hydrogen-bond donors (Lipinski definition) is 4. The number of carbonyl (C=O) groups is 1. The first-order valence-electron chi connectivity index (χ1n) is 8.11. The highest BCUT2D eigenvalue weighted by Crippen LogP contribution is 2.58. The van der Waals surface area contributed by atoms with Crippen LogP contribution in [0.5, 0.6) is 0 Å². The Balaban J connectivity index is 1.72. The first kappa shape index (κ1) is 16.2. The van der Waals surface area contributed by atoms with Crippen molar-refractivity contribution in [3.63, 3.8) is 0 Å². The van der Waals surface area contributed by atoms with Crippen LogP contribution in [0.3, 0.4) is 0 Å². The lowest BCUT2D eigenvalue weighted by Crippen LogP contribution is -2.26. The second kappa shape index (κ2) is 5.35. The number of aromatic nitrogens is 4. The molecule has 2 aliphatic rings. The monoisotopic (exact) mass is 349 g/mol. The lowest BCUT2D eigenvalue weighted by Gasteiger charge is -2.21. The molecule has 10 heteroatoms. The first-order valence-corrected chi connectivity index (χ1v) is 8.11. The average molecular weight is 349 g/mol. The Labute approximate surface area is 141 Å². The second-order valence-corrected chi connectivity index (χ2v) is 6.92. The average Bonchev–Trinajstić information content (AvgIpc) is 3.02. The number of aromatic amines is 1. The molecule has 1 aliphatic heterocycles. The smallest absolute Gasteiger partial charge is 0.280 e. The van der Waals surface area contributed by atoms with E-state index in [1.807, 2.05) is 0 Å². The number of carbonyl (C=O) groups excluding carboxylic acids is 1. The van der Waals surface area contributed by atoms with E-state index in [1.165, 1.54) is 10.9 Å². The second-order valence-electron chi connectivity index (χ2n) is 6.92. The molecule has 0 bridgehead atoms. The van der Waals surface area contributed by atoms with Gasteiger partial charge in [-0.25, -0.2) is 4.98 Å². The SMILES string of the molecule is CC(C)C(=O)Nc1nc2c(ncn2[C@@H]2O[C@@]3(CO)CC3[C@H]2O)c(=O)[nH]1. The van der Waals surface area contributed by atoms with Crippen LogP contribution in [-0.2, 0) is 9.53 Å². The van der Waals surface area contributed by atoms with Crippen LogP contribution >= 0.6 is 0 Å². The fraction of sp³-hybridized carbons (Fsp3) is 0.600. The highest BCUT2D eigenvalue weighted by molar-refractivity contribution is 5.91. The molecule has 1 amide bonds. The molecule has 2 aromatic rings. The number of aliphatic hydroxyl groups excluding tert-OH is 2. The Kier molecular flexibility index (Phi) is 3.46. The van der Waals surface area contributed by atoms with Crippen molar-refractivity contribution in [3.8, 4) is 0 Å². The fourth-order valence-corrected chi connectivity index (χ4v) is 3.26. The van der Waals surface area contributed by atoms with Crippen LogP contribution in [0.4, 0.5) is 5.95 Å². The molecule has 134 valence electrons. The van der Waals surface area contributed by atoms with Crippen molar-refractivity contribution in [1.82, 2.24) is 19.5 Å². The predicted octanol–water partition coefficient (Wildman–Crippen LogP) is -0.645. The molecule has 4 N–H and O–H groups in total. The van der Waals surface area contributed by atoms with E-state index in [4.69, 9.17) is 4.74 Å². The van der Waals surface area contributed by atoms with E-state index in [1.54, 1.807) is 13.8 Å². The van der Waals surface area contributed by atoms with Crippen molar-refractivity contribution < 1.29 is 19.7 Å². The Morgan fingerprint density at radius 1 is 1.60 bits per heavy atom. The van der Waals surface area contributed by atoms with Gasteiger partial charge in [0.15, 0.2) is 17.4 Å². The number of aliphatic hydroxyl groups is 2. The number of ether oxygens (including phenoxy) is 1. The number of rotatable bonds is 4. The summed E-state index contributed by atoms with van der Waals surface area (Å²) in [6.45, 7) is 3.26. The molecule has 2 aromatic heterocycles. The zero-order chi connectivity index (χ0) is 17.9. The summed E-state index contributed by atoms with van der Waals surface area (Å²) >= 11 is 0. The summed E-state index contributed by atoms with van der Waals surface area (Å²) in [5, 5.41) is 22.4. The van der Waals surface area contributed by atoms with Gasteiger partial charge >= 0.3 is 0 Å². The van der Waals surface area contributed by atoms with E-state index in [9.17, 15) is 19.8 Å². The van der Waals surface area contributed by atoms with Crippen molar-refractivity contribution >= 4 is 23.0 Å². The van der Waals surface area contributed by atoms with Gasteiger partial charge in [-0.15, -0.1) is 0 Å². The lowest BCUT2D eigenvalue weighted by molar-refractivity contribution is -0.118. The zero-order valence-electron chi connectivity index (χ0n) is 13.8. The molecule has 1 saturated carbocycles. The molecular weight excluding hydrogens is 330 g/mol. The minimum absolute atomic E-state index is 0.00691. The Hall–Kier alpha value is -2.30. The van der Waals surface area contributed by atoms with Crippen LogP contribution in [0, 0.1) is 11.8 Å². The summed E-state index contributed by atoms with van der Waals surface area (Å²) in [6, 6.07) is 0. The number of imidazole rings is 1. The van der Waals surface area contributed by atoms with Gasteiger partial charge in [0.25, 0.3) is 5.56 Å². The number of nitrogens with zero attached hydrogens (tertiary/aromatic N) is 3. The zero-order valence-corrected chi connectivity index (χ0v) is 13.8. The van der Waals surface area contributed by atoms with E-state index in [0.717, 1.165) is 0 Å². The van der Waals surface area contributed by atoms with Crippen molar-refractivity contribution in [1.29, 1.82) is 0 Å². The van der Waals surface area contributed by atoms with Gasteiger partial charge in [-0.3, -0.25) is 24.5 Å². The summed E-state index contributed by atoms with van der Waals surface area (Å²) in [5.74, 6) is -0.705. The highest BCUT2D eigenvalue weighted by atomic mass is 16.6. The van der Waals surface area contributed by atoms with Gasteiger partial charge in [0.1, 0.15) is 6.10 Å². The molecule has 3 heterocycles. The third-order valence-electron chi connectivity index (χ3n) is 4.88. The van der Waals surface area contributed by atoms with Crippen LogP contribution in [0.1, 0.15) is 26.5 Å². The van der Waals surface area contributed by atoms with Crippen molar-refractivity contribution in [2.24, 2.45) is 11.8 Å². The third kappa shape index (κ3) is 2.36. The van der Waals surface area contributed by atoms with Gasteiger partial charge in [-0.2, -0.15) is 4.98 Å². The van der Waals surface area contributed by atoms with Crippen molar-refractivity contribution in [2.75, 3.05) is 11.9 Å². The van der Waals surface area contributed by atoms with Crippen LogP contribution in [-0.4, -0.2) is 54.0 Å². The van der Waals surface area contributed by atoms with E-state index < -0.39 is 23.5 Å². The van der Waals surface area contributed by atoms with Gasteiger partial charge < -0.3 is 14.9 Å². The minimum atomic E-state index is -0.834. The topological polar surface area (TPSA) is 142 Å². The fourth-order valence-electron chi connectivity index (χ4n) is 3.26. The summed E-state index contributed by atoms with van der Waals surface area (Å²) < 4.78 is 7.28. The maximum absolute atomic E-state index is 12.2. The molecule has 0 spiro atoms. The molecule has 10 nitrogen and oxygen atoms in total. The molecular formula is C15H19N5O5. The highest BCUT2D eigenvalue weighted by Gasteiger charge is 2.67. The summed E-state index contributed by atoms with van der Waals surface area (Å²) in [4.78, 5) is 34.8. The number of anilines is 1. The van der Waals surface area contributed by atoms with E-state index in [0.29, 0.717) is 6.42 Å². The maximum Gasteiger partial charge on any atom is 0.280 e. The van der Waals surface area contributed by atoms with E-state index in [2.05, 4.69) is 20.3 Å². The first-order chi connectivity index (χ1) is 11.9. The molecule has 1 unspecified atom stereocenters. The third-order valence-corrected chi connectivity index (χ3v) is 4.88. The standard InChI is InChI=1S/C15H19N5O5/c1-6(2)11(23)18-14-17-10-8(12(24)19-14)16-5-20(10)13-9(22)7-3-15(7,4-21)25-13/h5-7,9,13,21-22H,3-4H2,1-2H3,(H2,17,18,19,23,24)/t7?,9-,13-,15-/m1/s1. The van der Waals surface area contributed by atoms with Gasteiger partial charge in [0, 0.05) is 11.8 Å². The van der Waals surface area contributed by atoms with Gasteiger partial charge in [0.05, 0.1) is 18.5 Å². The van der Waals surface area contributed by atoms with Crippen LogP contribution in [0.25, 0.3) is 11.2 Å². The number of H-pyrrole nitrogens is 1. The van der Waals surface area contributed by atoms with Crippen LogP contribution in [0.2, 0.25) is 0 Å². The van der Waals surface area contributed by atoms with Crippen molar-refractivity contribution in [2.45, 2.75) is 38.2 Å². The number of amides is 1. The Bertz CT molecular complexity index is 905. The lowest BCUT2D eigenvalue weighted by atomic mass is 10.2. The Morgan fingerprint density at radius 2 is 2.36 bits per heavy atom. The van der Waals surface area contributed by atoms with Crippen LogP contribution in [0.15, 0.2) is 11.1 Å². The largest absolute Gasteiger partial charge is 0.393 e. The summed E-state index contributed by atoms with van der Waals surface area (Å²) in [7, 11) is 0. The van der Waals surface area contributed by atoms with E-state index >= 15 is 0 Å². The molecule has 1 aliphatic carbocycles. The van der Waals surface area contributed by atoms with E-state index in [-0.39, 0.29) is 41.5 Å². The number of fused-ring (bicyclic) bond motifs is 2. The van der Waals surface area contributed by atoms with Gasteiger partial charge in [-0.05, 0) is 6.42 Å². The van der Waals surface area contributed by atoms with Gasteiger partial charge in [-0.1, -0.05) is 13.8 Å². The minimum Gasteiger partial charge on any atom is -0.393 e. The number of hydrogen-bond acceptors (Lipinski definition) is 7. The van der Waals surface area contributed by atoms with Crippen molar-refractivity contribution in [3.05, 3.63) is 16.7 Å². The molecule has 25 heavy (non-hydrogen) atoms. The number of nitrogens with one attached hydrogen (secondary N) is 2.